The van der Waals surface area contributed by atoms with Crippen LogP contribution in [0.1, 0.15) is 74.3 Å². The molecule has 0 bridgehead atoms. The molecule has 0 aliphatic carbocycles. The average molecular weight is 263 g/mol. The zero-order valence-corrected chi connectivity index (χ0v) is 11.9. The van der Waals surface area contributed by atoms with Crippen LogP contribution in [-0.4, -0.2) is 16.1 Å². The summed E-state index contributed by atoms with van der Waals surface area (Å²) in [6.45, 7) is 2.23. The third kappa shape index (κ3) is 6.37. The summed E-state index contributed by atoms with van der Waals surface area (Å²) in [6, 6.07) is 3.68. The van der Waals surface area contributed by atoms with Gasteiger partial charge in [0.15, 0.2) is 5.69 Å². The Morgan fingerprint density at radius 1 is 1.11 bits per heavy atom. The minimum absolute atomic E-state index is 0.213. The number of nitrogens with zero attached hydrogens (tertiary/aromatic N) is 1. The summed E-state index contributed by atoms with van der Waals surface area (Å²) in [5, 5.41) is 9.03. The number of carboxylic acid groups (broad SMARTS) is 1. The number of carbonyl (C=O) groups is 1. The normalized spacial score (nSPS) is 10.6. The first-order valence-corrected chi connectivity index (χ1v) is 7.43. The van der Waals surface area contributed by atoms with Crippen LogP contribution in [0.15, 0.2) is 18.3 Å². The van der Waals surface area contributed by atoms with Crippen molar-refractivity contribution in [1.29, 1.82) is 0 Å². The van der Waals surface area contributed by atoms with Gasteiger partial charge in [-0.3, -0.25) is 0 Å². The van der Waals surface area contributed by atoms with E-state index in [1.165, 1.54) is 44.9 Å². The lowest BCUT2D eigenvalue weighted by Gasteiger charge is -2.05. The van der Waals surface area contributed by atoms with Crippen LogP contribution in [-0.2, 0) is 6.42 Å². The number of hydrogen-bond acceptors (Lipinski definition) is 2. The van der Waals surface area contributed by atoms with E-state index in [1.54, 1.807) is 6.20 Å². The lowest BCUT2D eigenvalue weighted by molar-refractivity contribution is 0.0689. The second-order valence-electron chi connectivity index (χ2n) is 5.04. The zero-order chi connectivity index (χ0) is 13.9. The van der Waals surface area contributed by atoms with Gasteiger partial charge in [0, 0.05) is 6.20 Å². The van der Waals surface area contributed by atoms with Crippen molar-refractivity contribution in [3.8, 4) is 0 Å². The third-order valence-corrected chi connectivity index (χ3v) is 3.39. The smallest absolute Gasteiger partial charge is 0.354 e. The van der Waals surface area contributed by atoms with Gasteiger partial charge in [-0.15, -0.1) is 0 Å². The molecular formula is C16H25NO2. The first-order chi connectivity index (χ1) is 9.25. The fourth-order valence-corrected chi connectivity index (χ4v) is 2.28. The molecule has 0 spiro atoms. The lowest BCUT2D eigenvalue weighted by atomic mass is 10.0. The van der Waals surface area contributed by atoms with Crippen molar-refractivity contribution in [2.45, 2.75) is 64.7 Å². The Labute approximate surface area is 116 Å². The van der Waals surface area contributed by atoms with Gasteiger partial charge in [-0.2, -0.15) is 0 Å². The Kier molecular flexibility index (Phi) is 7.87. The number of aromatic carboxylic acids is 1. The van der Waals surface area contributed by atoms with Gasteiger partial charge in [-0.25, -0.2) is 9.78 Å². The number of aryl methyl sites for hydroxylation is 1. The van der Waals surface area contributed by atoms with Crippen LogP contribution >= 0.6 is 0 Å². The molecule has 1 aromatic rings. The van der Waals surface area contributed by atoms with Crippen molar-refractivity contribution in [2.75, 3.05) is 0 Å². The summed E-state index contributed by atoms with van der Waals surface area (Å²) >= 11 is 0. The van der Waals surface area contributed by atoms with Gasteiger partial charge >= 0.3 is 5.97 Å². The maximum Gasteiger partial charge on any atom is 0.354 e. The fraction of sp³-hybridized carbons (Fsp3) is 0.625. The Morgan fingerprint density at radius 3 is 2.37 bits per heavy atom. The number of rotatable bonds is 10. The van der Waals surface area contributed by atoms with Gasteiger partial charge in [0.25, 0.3) is 0 Å². The van der Waals surface area contributed by atoms with Crippen molar-refractivity contribution in [3.05, 3.63) is 29.6 Å². The van der Waals surface area contributed by atoms with Gasteiger partial charge in [0.05, 0.1) is 0 Å². The number of hydrogen-bond donors (Lipinski definition) is 1. The van der Waals surface area contributed by atoms with E-state index in [-0.39, 0.29) is 5.69 Å². The van der Waals surface area contributed by atoms with E-state index in [1.807, 2.05) is 12.1 Å². The second kappa shape index (κ2) is 9.54. The summed E-state index contributed by atoms with van der Waals surface area (Å²) in [4.78, 5) is 14.9. The van der Waals surface area contributed by atoms with Crippen molar-refractivity contribution in [1.82, 2.24) is 4.98 Å². The second-order valence-corrected chi connectivity index (χ2v) is 5.04. The Bertz CT molecular complexity index is 377. The minimum Gasteiger partial charge on any atom is -0.477 e. The largest absolute Gasteiger partial charge is 0.477 e. The number of aromatic nitrogens is 1. The van der Waals surface area contributed by atoms with E-state index >= 15 is 0 Å². The molecule has 0 amide bonds. The van der Waals surface area contributed by atoms with Crippen LogP contribution in [0.5, 0.6) is 0 Å². The summed E-state index contributed by atoms with van der Waals surface area (Å²) in [5.74, 6) is -0.921. The van der Waals surface area contributed by atoms with Crippen molar-refractivity contribution >= 4 is 5.97 Å². The Hall–Kier alpha value is -1.38. The quantitative estimate of drug-likeness (QED) is 0.634. The van der Waals surface area contributed by atoms with Crippen molar-refractivity contribution < 1.29 is 9.90 Å². The number of pyridine rings is 1. The first kappa shape index (κ1) is 15.7. The molecule has 0 saturated heterocycles. The topological polar surface area (TPSA) is 50.2 Å². The van der Waals surface area contributed by atoms with E-state index in [9.17, 15) is 4.79 Å². The van der Waals surface area contributed by atoms with Gasteiger partial charge in [-0.05, 0) is 24.5 Å². The van der Waals surface area contributed by atoms with Crippen LogP contribution in [0.4, 0.5) is 0 Å². The van der Waals surface area contributed by atoms with Crippen molar-refractivity contribution in [3.63, 3.8) is 0 Å². The van der Waals surface area contributed by atoms with Crippen LogP contribution < -0.4 is 0 Å². The molecular weight excluding hydrogens is 238 g/mol. The molecule has 1 N–H and O–H groups in total. The van der Waals surface area contributed by atoms with Crippen LogP contribution in [0.2, 0.25) is 0 Å². The van der Waals surface area contributed by atoms with E-state index in [4.69, 9.17) is 5.11 Å². The summed E-state index contributed by atoms with van der Waals surface area (Å²) in [6.07, 6.45) is 12.5. The van der Waals surface area contributed by atoms with E-state index in [0.29, 0.717) is 0 Å². The van der Waals surface area contributed by atoms with Crippen LogP contribution in [0, 0.1) is 0 Å². The van der Waals surface area contributed by atoms with Crippen LogP contribution in [0.3, 0.4) is 0 Å². The SMILES string of the molecule is CCCCCCCCCCc1cccnc1C(=O)O. The fourth-order valence-electron chi connectivity index (χ4n) is 2.28. The molecule has 19 heavy (non-hydrogen) atoms. The molecule has 0 aliphatic rings. The van der Waals surface area contributed by atoms with E-state index < -0.39 is 5.97 Å². The molecule has 0 fully saturated rings. The molecule has 1 heterocycles. The van der Waals surface area contributed by atoms with Gasteiger partial charge < -0.3 is 5.11 Å². The predicted molar refractivity (Wildman–Crippen MR) is 77.5 cm³/mol. The van der Waals surface area contributed by atoms with Gasteiger partial charge in [-0.1, -0.05) is 57.9 Å². The molecule has 0 aromatic carbocycles. The van der Waals surface area contributed by atoms with Gasteiger partial charge in [0.2, 0.25) is 0 Å². The van der Waals surface area contributed by atoms with Crippen molar-refractivity contribution in [2.24, 2.45) is 0 Å². The number of unbranched alkanes of at least 4 members (excludes halogenated alkanes) is 7. The first-order valence-electron chi connectivity index (χ1n) is 7.43. The molecule has 3 nitrogen and oxygen atoms in total. The predicted octanol–water partition coefficient (Wildman–Crippen LogP) is 4.46. The molecule has 0 radical (unpaired) electrons. The minimum atomic E-state index is -0.921. The lowest BCUT2D eigenvalue weighted by Crippen LogP contribution is -2.05. The third-order valence-electron chi connectivity index (χ3n) is 3.39. The molecule has 0 atom stereocenters. The Balaban J connectivity index is 2.17. The summed E-state index contributed by atoms with van der Waals surface area (Å²) in [7, 11) is 0. The molecule has 0 unspecified atom stereocenters. The summed E-state index contributed by atoms with van der Waals surface area (Å²) < 4.78 is 0. The highest BCUT2D eigenvalue weighted by Crippen LogP contribution is 2.13. The highest BCUT2D eigenvalue weighted by molar-refractivity contribution is 5.86. The molecule has 1 aromatic heterocycles. The van der Waals surface area contributed by atoms with Gasteiger partial charge in [0.1, 0.15) is 0 Å². The highest BCUT2D eigenvalue weighted by Gasteiger charge is 2.09. The zero-order valence-electron chi connectivity index (χ0n) is 11.9. The number of carboxylic acids is 1. The highest BCUT2D eigenvalue weighted by atomic mass is 16.4. The molecule has 1 rings (SSSR count). The standard InChI is InChI=1S/C16H25NO2/c1-2-3-4-5-6-7-8-9-11-14-12-10-13-17-15(14)16(18)19/h10,12-13H,2-9,11H2,1H3,(H,18,19). The Morgan fingerprint density at radius 2 is 1.74 bits per heavy atom. The van der Waals surface area contributed by atoms with Crippen LogP contribution in [0.25, 0.3) is 0 Å². The molecule has 0 aliphatic heterocycles. The van der Waals surface area contributed by atoms with E-state index in [0.717, 1.165) is 18.4 Å². The monoisotopic (exact) mass is 263 g/mol. The molecule has 0 saturated carbocycles. The summed E-state index contributed by atoms with van der Waals surface area (Å²) in [5.41, 5.74) is 1.08. The van der Waals surface area contributed by atoms with E-state index in [2.05, 4.69) is 11.9 Å². The maximum atomic E-state index is 11.0. The molecule has 3 heteroatoms. The average Bonchev–Trinajstić information content (AvgIpc) is 2.42. The molecule has 106 valence electrons. The maximum absolute atomic E-state index is 11.0.